The predicted molar refractivity (Wildman–Crippen MR) is 104 cm³/mol. The van der Waals surface area contributed by atoms with Gasteiger partial charge < -0.3 is 9.42 Å². The number of carbonyl (C=O) groups is 1. The summed E-state index contributed by atoms with van der Waals surface area (Å²) in [5, 5.41) is 4.14. The SMILES string of the molecule is Cc1ccc(-c2noc([C@@H]3CCCN(C(=O)c4cccc(C)c4)C3)n2)cc1. The standard InChI is InChI=1S/C22H23N3O2/c1-15-8-10-17(11-9-15)20-23-21(27-24-20)19-7-4-12-25(14-19)22(26)18-6-3-5-16(2)13-18/h3,5-6,8-11,13,19H,4,7,12,14H2,1-2H3/t19-/m1/s1. The molecule has 0 bridgehead atoms. The molecule has 0 N–H and O–H groups in total. The number of aryl methyl sites for hydroxylation is 2. The van der Waals surface area contributed by atoms with E-state index in [1.54, 1.807) is 0 Å². The van der Waals surface area contributed by atoms with Crippen LogP contribution in [0.4, 0.5) is 0 Å². The molecule has 0 radical (unpaired) electrons. The molecule has 27 heavy (non-hydrogen) atoms. The number of hydrogen-bond donors (Lipinski definition) is 0. The van der Waals surface area contributed by atoms with E-state index in [4.69, 9.17) is 4.52 Å². The lowest BCUT2D eigenvalue weighted by Gasteiger charge is -2.31. The summed E-state index contributed by atoms with van der Waals surface area (Å²) in [5.41, 5.74) is 3.97. The Morgan fingerprint density at radius 3 is 2.70 bits per heavy atom. The molecule has 2 heterocycles. The number of rotatable bonds is 3. The zero-order valence-corrected chi connectivity index (χ0v) is 15.7. The van der Waals surface area contributed by atoms with Crippen LogP contribution in [0.5, 0.6) is 0 Å². The van der Waals surface area contributed by atoms with E-state index >= 15 is 0 Å². The molecular weight excluding hydrogens is 338 g/mol. The number of aromatic nitrogens is 2. The predicted octanol–water partition coefficient (Wildman–Crippen LogP) is 4.37. The zero-order valence-electron chi connectivity index (χ0n) is 15.7. The maximum absolute atomic E-state index is 12.8. The third-order valence-electron chi connectivity index (χ3n) is 5.07. The minimum atomic E-state index is 0.0710. The quantitative estimate of drug-likeness (QED) is 0.695. The van der Waals surface area contributed by atoms with Crippen molar-refractivity contribution in [2.24, 2.45) is 0 Å². The Bertz CT molecular complexity index is 946. The van der Waals surface area contributed by atoms with Gasteiger partial charge in [-0.1, -0.05) is 52.7 Å². The van der Waals surface area contributed by atoms with Crippen molar-refractivity contribution in [3.63, 3.8) is 0 Å². The smallest absolute Gasteiger partial charge is 0.253 e. The summed E-state index contributed by atoms with van der Waals surface area (Å²) in [6, 6.07) is 15.8. The largest absolute Gasteiger partial charge is 0.339 e. The lowest BCUT2D eigenvalue weighted by atomic mass is 9.97. The molecule has 2 aromatic carbocycles. The highest BCUT2D eigenvalue weighted by molar-refractivity contribution is 5.94. The summed E-state index contributed by atoms with van der Waals surface area (Å²) >= 11 is 0. The van der Waals surface area contributed by atoms with Gasteiger partial charge in [-0.15, -0.1) is 0 Å². The summed E-state index contributed by atoms with van der Waals surface area (Å²) in [6.45, 7) is 5.43. The Kier molecular flexibility index (Phi) is 4.75. The number of nitrogens with zero attached hydrogens (tertiary/aromatic N) is 3. The van der Waals surface area contributed by atoms with Crippen LogP contribution in [-0.2, 0) is 0 Å². The molecule has 1 atom stereocenters. The maximum Gasteiger partial charge on any atom is 0.253 e. The van der Waals surface area contributed by atoms with Gasteiger partial charge in [0.1, 0.15) is 0 Å². The third-order valence-corrected chi connectivity index (χ3v) is 5.07. The molecule has 1 aliphatic rings. The Balaban J connectivity index is 1.50. The van der Waals surface area contributed by atoms with Crippen LogP contribution in [0.25, 0.3) is 11.4 Å². The van der Waals surface area contributed by atoms with Crippen LogP contribution in [-0.4, -0.2) is 34.0 Å². The van der Waals surface area contributed by atoms with Gasteiger partial charge in [-0.3, -0.25) is 4.79 Å². The second-order valence-corrected chi connectivity index (χ2v) is 7.28. The van der Waals surface area contributed by atoms with E-state index in [9.17, 15) is 4.79 Å². The van der Waals surface area contributed by atoms with E-state index in [1.807, 2.05) is 67.3 Å². The zero-order chi connectivity index (χ0) is 18.8. The molecule has 138 valence electrons. The van der Waals surface area contributed by atoms with E-state index in [0.29, 0.717) is 18.3 Å². The Morgan fingerprint density at radius 1 is 1.11 bits per heavy atom. The normalized spacial score (nSPS) is 17.1. The summed E-state index contributed by atoms with van der Waals surface area (Å²) in [5.74, 6) is 1.38. The van der Waals surface area contributed by atoms with Gasteiger partial charge in [0.05, 0.1) is 5.92 Å². The van der Waals surface area contributed by atoms with Gasteiger partial charge in [-0.25, -0.2) is 0 Å². The molecule has 0 saturated carbocycles. The number of hydrogen-bond acceptors (Lipinski definition) is 4. The van der Waals surface area contributed by atoms with Crippen LogP contribution in [0.15, 0.2) is 53.1 Å². The second-order valence-electron chi connectivity index (χ2n) is 7.28. The van der Waals surface area contributed by atoms with E-state index in [-0.39, 0.29) is 11.8 Å². The molecule has 1 amide bonds. The number of amides is 1. The number of likely N-dealkylation sites (tertiary alicyclic amines) is 1. The number of piperidine rings is 1. The van der Waals surface area contributed by atoms with Gasteiger partial charge in [-0.2, -0.15) is 4.98 Å². The summed E-state index contributed by atoms with van der Waals surface area (Å²) in [6.07, 6.45) is 1.89. The van der Waals surface area contributed by atoms with E-state index in [2.05, 4.69) is 10.1 Å². The Hall–Kier alpha value is -2.95. The van der Waals surface area contributed by atoms with Crippen molar-refractivity contribution in [1.82, 2.24) is 15.0 Å². The summed E-state index contributed by atoms with van der Waals surface area (Å²) in [4.78, 5) is 19.3. The van der Waals surface area contributed by atoms with Crippen molar-refractivity contribution in [1.29, 1.82) is 0 Å². The van der Waals surface area contributed by atoms with Crippen molar-refractivity contribution in [3.05, 3.63) is 71.1 Å². The average Bonchev–Trinajstić information content (AvgIpc) is 3.18. The van der Waals surface area contributed by atoms with Crippen molar-refractivity contribution >= 4 is 5.91 Å². The molecule has 1 aliphatic heterocycles. The molecule has 5 nitrogen and oxygen atoms in total. The van der Waals surface area contributed by atoms with E-state index in [1.165, 1.54) is 5.56 Å². The van der Waals surface area contributed by atoms with Crippen LogP contribution < -0.4 is 0 Å². The molecular formula is C22H23N3O2. The molecule has 4 rings (SSSR count). The lowest BCUT2D eigenvalue weighted by molar-refractivity contribution is 0.0695. The van der Waals surface area contributed by atoms with Gasteiger partial charge in [0, 0.05) is 24.2 Å². The van der Waals surface area contributed by atoms with Crippen molar-refractivity contribution in [2.45, 2.75) is 32.6 Å². The fraction of sp³-hybridized carbons (Fsp3) is 0.318. The summed E-state index contributed by atoms with van der Waals surface area (Å²) in [7, 11) is 0. The van der Waals surface area contributed by atoms with Crippen LogP contribution in [0.3, 0.4) is 0 Å². The second kappa shape index (κ2) is 7.35. The fourth-order valence-electron chi connectivity index (χ4n) is 3.54. The lowest BCUT2D eigenvalue weighted by Crippen LogP contribution is -2.39. The molecule has 0 spiro atoms. The molecule has 1 fully saturated rings. The van der Waals surface area contributed by atoms with Crippen LogP contribution >= 0.6 is 0 Å². The summed E-state index contributed by atoms with van der Waals surface area (Å²) < 4.78 is 5.54. The molecule has 0 unspecified atom stereocenters. The number of carbonyl (C=O) groups excluding carboxylic acids is 1. The van der Waals surface area contributed by atoms with Gasteiger partial charge >= 0.3 is 0 Å². The third kappa shape index (κ3) is 3.77. The van der Waals surface area contributed by atoms with Crippen molar-refractivity contribution in [2.75, 3.05) is 13.1 Å². The highest BCUT2D eigenvalue weighted by Crippen LogP contribution is 2.28. The van der Waals surface area contributed by atoms with Crippen LogP contribution in [0, 0.1) is 13.8 Å². The monoisotopic (exact) mass is 361 g/mol. The first-order valence-corrected chi connectivity index (χ1v) is 9.37. The van der Waals surface area contributed by atoms with Crippen LogP contribution in [0.2, 0.25) is 0 Å². The minimum absolute atomic E-state index is 0.0710. The fourth-order valence-corrected chi connectivity index (χ4v) is 3.54. The first-order chi connectivity index (χ1) is 13.1. The highest BCUT2D eigenvalue weighted by Gasteiger charge is 2.29. The Morgan fingerprint density at radius 2 is 1.93 bits per heavy atom. The molecule has 0 aliphatic carbocycles. The van der Waals surface area contributed by atoms with Crippen molar-refractivity contribution < 1.29 is 9.32 Å². The highest BCUT2D eigenvalue weighted by atomic mass is 16.5. The van der Waals surface area contributed by atoms with Gasteiger partial charge in [0.15, 0.2) is 0 Å². The maximum atomic E-state index is 12.8. The van der Waals surface area contributed by atoms with Crippen molar-refractivity contribution in [3.8, 4) is 11.4 Å². The van der Waals surface area contributed by atoms with Gasteiger partial charge in [0.2, 0.25) is 11.7 Å². The van der Waals surface area contributed by atoms with E-state index < -0.39 is 0 Å². The Labute approximate surface area is 159 Å². The molecule has 1 saturated heterocycles. The molecule has 3 aromatic rings. The van der Waals surface area contributed by atoms with Gasteiger partial charge in [0.25, 0.3) is 5.91 Å². The minimum Gasteiger partial charge on any atom is -0.339 e. The van der Waals surface area contributed by atoms with E-state index in [0.717, 1.165) is 36.1 Å². The first-order valence-electron chi connectivity index (χ1n) is 9.37. The number of benzene rings is 2. The van der Waals surface area contributed by atoms with Gasteiger partial charge in [-0.05, 0) is 38.8 Å². The van der Waals surface area contributed by atoms with Crippen LogP contribution in [0.1, 0.15) is 46.1 Å². The molecule has 5 heteroatoms. The average molecular weight is 361 g/mol. The topological polar surface area (TPSA) is 59.2 Å². The first kappa shape index (κ1) is 17.5. The molecule has 1 aromatic heterocycles.